The molecule has 7 heteroatoms. The number of aliphatic imine (C=N–C) groups is 1. The van der Waals surface area contributed by atoms with Gasteiger partial charge in [-0.25, -0.2) is 8.42 Å². The van der Waals surface area contributed by atoms with Gasteiger partial charge in [0.15, 0.2) is 0 Å². The number of nitrogens with zero attached hydrogens (tertiary/aromatic N) is 2. The Labute approximate surface area is 192 Å². The molecule has 0 atom stereocenters. The molecule has 1 saturated heterocycles. The van der Waals surface area contributed by atoms with E-state index in [1.807, 2.05) is 30.3 Å². The van der Waals surface area contributed by atoms with Crippen molar-refractivity contribution in [1.82, 2.24) is 14.9 Å². The van der Waals surface area contributed by atoms with Gasteiger partial charge in [0.05, 0.1) is 17.0 Å². The number of sulfonamides is 1. The van der Waals surface area contributed by atoms with Gasteiger partial charge >= 0.3 is 0 Å². The van der Waals surface area contributed by atoms with E-state index in [4.69, 9.17) is 4.99 Å². The number of rotatable bonds is 4. The highest BCUT2D eigenvalue weighted by atomic mass is 32.2. The molecule has 0 aliphatic carbocycles. The van der Waals surface area contributed by atoms with Crippen LogP contribution >= 0.6 is 0 Å². The maximum absolute atomic E-state index is 13.3. The normalized spacial score (nSPS) is 19.5. The van der Waals surface area contributed by atoms with Gasteiger partial charge in [-0.3, -0.25) is 4.99 Å². The van der Waals surface area contributed by atoms with Gasteiger partial charge in [0.25, 0.3) is 0 Å². The van der Waals surface area contributed by atoms with Gasteiger partial charge in [-0.2, -0.15) is 4.31 Å². The first-order valence-corrected chi connectivity index (χ1v) is 12.8. The first kappa shape index (κ1) is 23.0. The predicted octanol–water partition coefficient (Wildman–Crippen LogP) is 3.30. The van der Waals surface area contributed by atoms with Crippen LogP contribution in [0.3, 0.4) is 0 Å². The topological polar surface area (TPSA) is 73.8 Å². The second-order valence-corrected chi connectivity index (χ2v) is 11.7. The zero-order valence-corrected chi connectivity index (χ0v) is 20.1. The molecule has 1 fully saturated rings. The van der Waals surface area contributed by atoms with Crippen LogP contribution in [-0.4, -0.2) is 50.3 Å². The Morgan fingerprint density at radius 2 is 1.69 bits per heavy atom. The molecular weight excluding hydrogens is 420 g/mol. The van der Waals surface area contributed by atoms with Crippen LogP contribution < -0.4 is 10.6 Å². The summed E-state index contributed by atoms with van der Waals surface area (Å²) in [6.45, 7) is 9.60. The van der Waals surface area contributed by atoms with Crippen LogP contribution in [0.2, 0.25) is 0 Å². The van der Waals surface area contributed by atoms with Crippen LogP contribution in [0.1, 0.15) is 44.7 Å². The zero-order valence-electron chi connectivity index (χ0n) is 19.3. The van der Waals surface area contributed by atoms with E-state index in [0.717, 1.165) is 24.5 Å². The van der Waals surface area contributed by atoms with Crippen LogP contribution in [0.15, 0.2) is 64.5 Å². The predicted molar refractivity (Wildman–Crippen MR) is 129 cm³/mol. The van der Waals surface area contributed by atoms with Crippen molar-refractivity contribution < 1.29 is 8.42 Å². The summed E-state index contributed by atoms with van der Waals surface area (Å²) in [5, 5.41) is 7.17. The van der Waals surface area contributed by atoms with E-state index in [0.29, 0.717) is 37.4 Å². The highest BCUT2D eigenvalue weighted by Crippen LogP contribution is 2.30. The van der Waals surface area contributed by atoms with Gasteiger partial charge < -0.3 is 10.6 Å². The molecule has 172 valence electrons. The van der Waals surface area contributed by atoms with Gasteiger partial charge in [0.1, 0.15) is 5.84 Å². The average molecular weight is 455 g/mol. The van der Waals surface area contributed by atoms with E-state index in [1.54, 1.807) is 16.4 Å². The summed E-state index contributed by atoms with van der Waals surface area (Å²) in [6.07, 6.45) is 1.40. The van der Waals surface area contributed by atoms with Crippen molar-refractivity contribution in [2.24, 2.45) is 4.99 Å². The molecule has 0 saturated carbocycles. The largest absolute Gasteiger partial charge is 0.368 e. The van der Waals surface area contributed by atoms with Crippen molar-refractivity contribution in [3.63, 3.8) is 0 Å². The second-order valence-electron chi connectivity index (χ2n) is 9.76. The number of benzene rings is 2. The van der Waals surface area contributed by atoms with Gasteiger partial charge in [0.2, 0.25) is 10.0 Å². The van der Waals surface area contributed by atoms with Gasteiger partial charge in [-0.15, -0.1) is 0 Å². The number of piperidine rings is 1. The first-order valence-electron chi connectivity index (χ1n) is 11.4. The molecule has 2 N–H and O–H groups in total. The second kappa shape index (κ2) is 8.96. The van der Waals surface area contributed by atoms with Crippen LogP contribution in [0.5, 0.6) is 0 Å². The molecule has 6 nitrogen and oxygen atoms in total. The van der Waals surface area contributed by atoms with E-state index >= 15 is 0 Å². The number of hydrogen-bond donors (Lipinski definition) is 2. The molecule has 1 spiro atoms. The standard InChI is InChI=1S/C25H34N4O2S/c1-24(2,3)21-9-11-22(12-10-21)32(30,31)29-17-13-25(14-18-29)23(26-15-16-28-25)27-19-20-7-5-4-6-8-20/h4-12,28H,13-19H2,1-3H3,(H,26,27). The SMILES string of the molecule is CC(C)(C)c1ccc(S(=O)(=O)N2CCC3(CC2)NCCN=C3NCc2ccccc2)cc1. The van der Waals surface area contributed by atoms with E-state index in [9.17, 15) is 8.42 Å². The lowest BCUT2D eigenvalue weighted by Crippen LogP contribution is -2.64. The highest BCUT2D eigenvalue weighted by molar-refractivity contribution is 7.89. The van der Waals surface area contributed by atoms with Crippen LogP contribution in [0.25, 0.3) is 0 Å². The van der Waals surface area contributed by atoms with E-state index in [1.165, 1.54) is 5.56 Å². The summed E-state index contributed by atoms with van der Waals surface area (Å²) < 4.78 is 28.2. The van der Waals surface area contributed by atoms with Crippen molar-refractivity contribution in [1.29, 1.82) is 0 Å². The fourth-order valence-electron chi connectivity index (χ4n) is 4.50. The third-order valence-corrected chi connectivity index (χ3v) is 8.45. The van der Waals surface area contributed by atoms with Crippen LogP contribution in [0.4, 0.5) is 0 Å². The lowest BCUT2D eigenvalue weighted by atomic mass is 9.85. The Morgan fingerprint density at radius 3 is 2.31 bits per heavy atom. The average Bonchev–Trinajstić information content (AvgIpc) is 2.79. The van der Waals surface area contributed by atoms with Crippen molar-refractivity contribution in [2.45, 2.75) is 56.0 Å². The maximum Gasteiger partial charge on any atom is 0.243 e. The molecule has 32 heavy (non-hydrogen) atoms. The quantitative estimate of drug-likeness (QED) is 0.744. The number of nitrogens with one attached hydrogen (secondary N) is 2. The molecule has 0 bridgehead atoms. The van der Waals surface area contributed by atoms with Crippen molar-refractivity contribution >= 4 is 15.9 Å². The summed E-state index contributed by atoms with van der Waals surface area (Å²) >= 11 is 0. The Balaban J connectivity index is 1.45. The third kappa shape index (κ3) is 4.75. The van der Waals surface area contributed by atoms with Crippen LogP contribution in [0, 0.1) is 0 Å². The zero-order chi connectivity index (χ0) is 22.8. The minimum Gasteiger partial charge on any atom is -0.368 e. The van der Waals surface area contributed by atoms with E-state index in [-0.39, 0.29) is 11.0 Å². The molecule has 4 rings (SSSR count). The fraction of sp³-hybridized carbons (Fsp3) is 0.480. The Kier molecular flexibility index (Phi) is 6.43. The number of amidine groups is 1. The smallest absolute Gasteiger partial charge is 0.243 e. The minimum atomic E-state index is -3.51. The Morgan fingerprint density at radius 1 is 1.03 bits per heavy atom. The lowest BCUT2D eigenvalue weighted by molar-refractivity contribution is 0.241. The van der Waals surface area contributed by atoms with E-state index < -0.39 is 10.0 Å². The monoisotopic (exact) mass is 454 g/mol. The van der Waals surface area contributed by atoms with Crippen molar-refractivity contribution in [3.8, 4) is 0 Å². The van der Waals surface area contributed by atoms with Gasteiger partial charge in [0, 0.05) is 26.2 Å². The highest BCUT2D eigenvalue weighted by Gasteiger charge is 2.43. The summed E-state index contributed by atoms with van der Waals surface area (Å²) in [4.78, 5) is 5.14. The molecule has 0 amide bonds. The lowest BCUT2D eigenvalue weighted by Gasteiger charge is -2.44. The molecule has 0 aromatic heterocycles. The summed E-state index contributed by atoms with van der Waals surface area (Å²) in [5.41, 5.74) is 2.05. The minimum absolute atomic E-state index is 0.00503. The summed E-state index contributed by atoms with van der Waals surface area (Å²) in [7, 11) is -3.51. The molecule has 2 aromatic carbocycles. The Bertz CT molecular complexity index is 1050. The van der Waals surface area contributed by atoms with E-state index in [2.05, 4.69) is 43.5 Å². The molecule has 2 aromatic rings. The molecular formula is C25H34N4O2S. The number of hydrogen-bond acceptors (Lipinski definition) is 5. The summed E-state index contributed by atoms with van der Waals surface area (Å²) in [6, 6.07) is 17.6. The van der Waals surface area contributed by atoms with Gasteiger partial charge in [-0.1, -0.05) is 63.2 Å². The maximum atomic E-state index is 13.3. The molecule has 2 aliphatic rings. The molecule has 2 aliphatic heterocycles. The van der Waals surface area contributed by atoms with Crippen molar-refractivity contribution in [3.05, 3.63) is 65.7 Å². The molecule has 0 unspecified atom stereocenters. The fourth-order valence-corrected chi connectivity index (χ4v) is 5.94. The molecule has 0 radical (unpaired) electrons. The molecule has 2 heterocycles. The first-order chi connectivity index (χ1) is 15.2. The summed E-state index contributed by atoms with van der Waals surface area (Å²) in [5.74, 6) is 0.958. The van der Waals surface area contributed by atoms with Crippen molar-refractivity contribution in [2.75, 3.05) is 26.2 Å². The third-order valence-electron chi connectivity index (χ3n) is 6.54. The van der Waals surface area contributed by atoms with Crippen LogP contribution in [-0.2, 0) is 22.0 Å². The Hall–Kier alpha value is -2.22. The van der Waals surface area contributed by atoms with Gasteiger partial charge in [-0.05, 0) is 41.5 Å².